The molecule has 0 bridgehead atoms. The van der Waals surface area contributed by atoms with Crippen molar-refractivity contribution in [2.75, 3.05) is 0 Å². The van der Waals surface area contributed by atoms with E-state index >= 15 is 0 Å². The summed E-state index contributed by atoms with van der Waals surface area (Å²) in [4.78, 5) is 0. The molecule has 0 aliphatic rings. The predicted octanol–water partition coefficient (Wildman–Crippen LogP) is 8.73. The molecular formula is C32H21N. The summed E-state index contributed by atoms with van der Waals surface area (Å²) in [6, 6.07) is 46.0. The van der Waals surface area contributed by atoms with Gasteiger partial charge in [0, 0.05) is 16.3 Å². The van der Waals surface area contributed by atoms with Crippen molar-refractivity contribution in [2.45, 2.75) is 0 Å². The normalized spacial score (nSPS) is 11.6. The molecule has 0 atom stereocenters. The van der Waals surface area contributed by atoms with Crippen molar-refractivity contribution >= 4 is 38.0 Å². The minimum absolute atomic E-state index is 1.22. The maximum Gasteiger partial charge on any atom is 0.0620 e. The first-order valence-corrected chi connectivity index (χ1v) is 11.4. The van der Waals surface area contributed by atoms with Crippen molar-refractivity contribution in [3.8, 4) is 22.4 Å². The highest BCUT2D eigenvalue weighted by Gasteiger charge is 2.18. The van der Waals surface area contributed by atoms with E-state index in [-0.39, 0.29) is 0 Å². The van der Waals surface area contributed by atoms with Crippen LogP contribution in [0.25, 0.3) is 60.3 Å². The van der Waals surface area contributed by atoms with Crippen LogP contribution in [0.3, 0.4) is 0 Å². The van der Waals surface area contributed by atoms with Gasteiger partial charge in [-0.3, -0.25) is 0 Å². The molecule has 0 saturated carbocycles. The SMILES string of the molecule is c1ccc(-c2cc(-c3ccccc3)n3c4ccccc4c4cc5ccccc5cc4c23)cc1. The Bertz CT molecular complexity index is 1790. The molecule has 7 rings (SSSR count). The molecule has 0 aliphatic carbocycles. The van der Waals surface area contributed by atoms with Crippen LogP contribution in [-0.4, -0.2) is 4.40 Å². The van der Waals surface area contributed by atoms with Crippen LogP contribution in [0.2, 0.25) is 0 Å². The Kier molecular flexibility index (Phi) is 3.91. The Labute approximate surface area is 192 Å². The van der Waals surface area contributed by atoms with E-state index in [0.717, 1.165) is 0 Å². The summed E-state index contributed by atoms with van der Waals surface area (Å²) in [6.07, 6.45) is 0. The lowest BCUT2D eigenvalue weighted by atomic mass is 9.97. The van der Waals surface area contributed by atoms with Gasteiger partial charge in [-0.05, 0) is 51.6 Å². The number of aromatic nitrogens is 1. The molecule has 0 N–H and O–H groups in total. The molecule has 5 aromatic carbocycles. The van der Waals surface area contributed by atoms with Crippen molar-refractivity contribution in [2.24, 2.45) is 0 Å². The van der Waals surface area contributed by atoms with Crippen LogP contribution in [0.15, 0.2) is 127 Å². The highest BCUT2D eigenvalue weighted by atomic mass is 14.9. The molecule has 0 saturated heterocycles. The summed E-state index contributed by atoms with van der Waals surface area (Å²) < 4.78 is 2.46. The minimum atomic E-state index is 1.22. The maximum absolute atomic E-state index is 2.46. The number of hydrogen-bond donors (Lipinski definition) is 0. The second-order valence-corrected chi connectivity index (χ2v) is 8.62. The number of rotatable bonds is 2. The summed E-state index contributed by atoms with van der Waals surface area (Å²) >= 11 is 0. The van der Waals surface area contributed by atoms with Crippen LogP contribution in [0.1, 0.15) is 0 Å². The molecule has 0 aliphatic heterocycles. The van der Waals surface area contributed by atoms with Gasteiger partial charge in [0.1, 0.15) is 0 Å². The smallest absolute Gasteiger partial charge is 0.0620 e. The highest BCUT2D eigenvalue weighted by molar-refractivity contribution is 6.20. The molecule has 2 aromatic heterocycles. The van der Waals surface area contributed by atoms with E-state index in [2.05, 4.69) is 132 Å². The van der Waals surface area contributed by atoms with Crippen molar-refractivity contribution in [3.05, 3.63) is 127 Å². The Morgan fingerprint density at radius 2 is 1.00 bits per heavy atom. The Morgan fingerprint density at radius 1 is 0.424 bits per heavy atom. The van der Waals surface area contributed by atoms with Crippen LogP contribution < -0.4 is 0 Å². The first-order chi connectivity index (χ1) is 16.4. The van der Waals surface area contributed by atoms with Gasteiger partial charge in [-0.25, -0.2) is 0 Å². The Morgan fingerprint density at radius 3 is 1.73 bits per heavy atom. The molecule has 0 fully saturated rings. The van der Waals surface area contributed by atoms with Gasteiger partial charge >= 0.3 is 0 Å². The lowest BCUT2D eigenvalue weighted by Crippen LogP contribution is -1.94. The van der Waals surface area contributed by atoms with E-state index < -0.39 is 0 Å². The first kappa shape index (κ1) is 18.2. The fourth-order valence-corrected chi connectivity index (χ4v) is 5.24. The lowest BCUT2D eigenvalue weighted by Gasteiger charge is -2.14. The molecular weight excluding hydrogens is 398 g/mol. The van der Waals surface area contributed by atoms with Crippen LogP contribution >= 0.6 is 0 Å². The van der Waals surface area contributed by atoms with E-state index in [0.29, 0.717) is 0 Å². The first-order valence-electron chi connectivity index (χ1n) is 11.4. The van der Waals surface area contributed by atoms with E-state index in [1.54, 1.807) is 0 Å². The van der Waals surface area contributed by atoms with Gasteiger partial charge in [0.05, 0.1) is 16.7 Å². The molecule has 0 amide bonds. The third kappa shape index (κ3) is 2.73. The molecule has 0 radical (unpaired) electrons. The quantitative estimate of drug-likeness (QED) is 0.195. The third-order valence-corrected chi connectivity index (χ3v) is 6.73. The number of hydrogen-bond acceptors (Lipinski definition) is 0. The second kappa shape index (κ2) is 7.08. The zero-order valence-electron chi connectivity index (χ0n) is 18.1. The van der Waals surface area contributed by atoms with Crippen LogP contribution in [0.5, 0.6) is 0 Å². The number of para-hydroxylation sites is 1. The summed E-state index contributed by atoms with van der Waals surface area (Å²) in [5.74, 6) is 0. The summed E-state index contributed by atoms with van der Waals surface area (Å²) in [6.45, 7) is 0. The largest absolute Gasteiger partial charge is 0.308 e. The number of pyridine rings is 1. The van der Waals surface area contributed by atoms with Gasteiger partial charge in [-0.2, -0.15) is 0 Å². The average Bonchev–Trinajstić information content (AvgIpc) is 3.30. The molecule has 154 valence electrons. The molecule has 1 nitrogen and oxygen atoms in total. The van der Waals surface area contributed by atoms with E-state index in [1.807, 2.05) is 0 Å². The topological polar surface area (TPSA) is 4.41 Å². The fraction of sp³-hybridized carbons (Fsp3) is 0. The molecule has 0 spiro atoms. The standard InChI is InChI=1S/C32H21N/c1-3-11-22(12-4-1)27-21-31(23-13-5-2-6-14-23)33-30-18-10-9-17-26(30)28-19-24-15-7-8-16-25(24)20-29(28)32(27)33/h1-21H. The monoisotopic (exact) mass is 419 g/mol. The lowest BCUT2D eigenvalue weighted by molar-refractivity contribution is 1.29. The summed E-state index contributed by atoms with van der Waals surface area (Å²) in [5.41, 5.74) is 7.44. The maximum atomic E-state index is 2.46. The van der Waals surface area contributed by atoms with Gasteiger partial charge in [0.2, 0.25) is 0 Å². The molecule has 7 aromatic rings. The van der Waals surface area contributed by atoms with E-state index in [9.17, 15) is 0 Å². The van der Waals surface area contributed by atoms with Crippen LogP contribution in [-0.2, 0) is 0 Å². The molecule has 1 heteroatoms. The molecule has 0 unspecified atom stereocenters. The van der Waals surface area contributed by atoms with Crippen molar-refractivity contribution < 1.29 is 0 Å². The predicted molar refractivity (Wildman–Crippen MR) is 141 cm³/mol. The zero-order chi connectivity index (χ0) is 21.8. The average molecular weight is 420 g/mol. The van der Waals surface area contributed by atoms with Gasteiger partial charge < -0.3 is 4.40 Å². The van der Waals surface area contributed by atoms with Crippen molar-refractivity contribution in [1.82, 2.24) is 4.40 Å². The van der Waals surface area contributed by atoms with Gasteiger partial charge in [-0.15, -0.1) is 0 Å². The number of nitrogens with zero attached hydrogens (tertiary/aromatic N) is 1. The minimum Gasteiger partial charge on any atom is -0.308 e. The van der Waals surface area contributed by atoms with Crippen LogP contribution in [0.4, 0.5) is 0 Å². The number of fused-ring (bicyclic) bond motifs is 7. The number of benzene rings is 5. The Hall–Kier alpha value is -4.36. The van der Waals surface area contributed by atoms with Crippen molar-refractivity contribution in [3.63, 3.8) is 0 Å². The molecule has 33 heavy (non-hydrogen) atoms. The van der Waals surface area contributed by atoms with E-state index in [1.165, 1.54) is 60.3 Å². The molecule has 2 heterocycles. The van der Waals surface area contributed by atoms with E-state index in [4.69, 9.17) is 0 Å². The van der Waals surface area contributed by atoms with Gasteiger partial charge in [-0.1, -0.05) is 103 Å². The fourth-order valence-electron chi connectivity index (χ4n) is 5.24. The Balaban J connectivity index is 1.78. The summed E-state index contributed by atoms with van der Waals surface area (Å²) in [5, 5.41) is 6.40. The zero-order valence-corrected chi connectivity index (χ0v) is 18.1. The summed E-state index contributed by atoms with van der Waals surface area (Å²) in [7, 11) is 0. The van der Waals surface area contributed by atoms with Crippen LogP contribution in [0, 0.1) is 0 Å². The van der Waals surface area contributed by atoms with Gasteiger partial charge in [0.25, 0.3) is 0 Å². The highest BCUT2D eigenvalue weighted by Crippen LogP contribution is 2.41. The van der Waals surface area contributed by atoms with Crippen molar-refractivity contribution in [1.29, 1.82) is 0 Å². The third-order valence-electron chi connectivity index (χ3n) is 6.73. The van der Waals surface area contributed by atoms with Gasteiger partial charge in [0.15, 0.2) is 0 Å². The second-order valence-electron chi connectivity index (χ2n) is 8.62.